The van der Waals surface area contributed by atoms with Crippen molar-refractivity contribution in [3.63, 3.8) is 0 Å². The molecule has 4 heteroatoms. The average Bonchev–Trinajstić information content (AvgIpc) is 2.81. The maximum atomic E-state index is 5.80. The molecule has 2 rings (SSSR count). The predicted octanol–water partition coefficient (Wildman–Crippen LogP) is 3.68. The fourth-order valence-electron chi connectivity index (χ4n) is 3.48. The standard InChI is InChI=1S/C16H29N3S/c1-11-18-14(10-20-11)9-15(19-17)12-5-7-13(8-6-12)16(2,3)4/h10,12-13,15,19H,5-9,17H2,1-4H3. The number of nitrogens with one attached hydrogen (secondary N) is 1. The Bertz CT molecular complexity index is 414. The molecule has 1 aromatic rings. The second-order valence-electron chi connectivity index (χ2n) is 7.31. The first-order valence-corrected chi connectivity index (χ1v) is 8.65. The molecule has 0 aromatic carbocycles. The van der Waals surface area contributed by atoms with E-state index in [1.54, 1.807) is 11.3 Å². The Labute approximate surface area is 127 Å². The number of aromatic nitrogens is 1. The summed E-state index contributed by atoms with van der Waals surface area (Å²) in [5.41, 5.74) is 4.68. The molecule has 1 aromatic heterocycles. The van der Waals surface area contributed by atoms with E-state index in [9.17, 15) is 0 Å². The summed E-state index contributed by atoms with van der Waals surface area (Å²) < 4.78 is 0. The molecule has 1 heterocycles. The molecule has 1 unspecified atom stereocenters. The molecule has 1 aliphatic carbocycles. The van der Waals surface area contributed by atoms with E-state index in [1.165, 1.54) is 31.4 Å². The molecule has 0 bridgehead atoms. The monoisotopic (exact) mass is 295 g/mol. The van der Waals surface area contributed by atoms with Gasteiger partial charge in [0.2, 0.25) is 0 Å². The van der Waals surface area contributed by atoms with E-state index in [1.807, 2.05) is 0 Å². The number of thiazole rings is 1. The zero-order valence-electron chi connectivity index (χ0n) is 13.3. The molecule has 0 radical (unpaired) electrons. The normalized spacial score (nSPS) is 25.6. The summed E-state index contributed by atoms with van der Waals surface area (Å²) >= 11 is 1.73. The van der Waals surface area contributed by atoms with Gasteiger partial charge in [-0.15, -0.1) is 11.3 Å². The Morgan fingerprint density at radius 2 is 2.00 bits per heavy atom. The molecular weight excluding hydrogens is 266 g/mol. The minimum Gasteiger partial charge on any atom is -0.271 e. The van der Waals surface area contributed by atoms with E-state index < -0.39 is 0 Å². The van der Waals surface area contributed by atoms with Crippen LogP contribution >= 0.6 is 11.3 Å². The largest absolute Gasteiger partial charge is 0.271 e. The van der Waals surface area contributed by atoms with E-state index >= 15 is 0 Å². The van der Waals surface area contributed by atoms with E-state index in [4.69, 9.17) is 5.84 Å². The highest BCUT2D eigenvalue weighted by atomic mass is 32.1. The minimum atomic E-state index is 0.373. The molecule has 1 atom stereocenters. The van der Waals surface area contributed by atoms with Gasteiger partial charge in [0, 0.05) is 17.8 Å². The molecule has 0 saturated heterocycles. The quantitative estimate of drug-likeness (QED) is 0.658. The van der Waals surface area contributed by atoms with Gasteiger partial charge in [0.25, 0.3) is 0 Å². The molecule has 1 saturated carbocycles. The van der Waals surface area contributed by atoms with Crippen molar-refractivity contribution in [3.8, 4) is 0 Å². The lowest BCUT2D eigenvalue weighted by Gasteiger charge is -2.39. The third kappa shape index (κ3) is 4.03. The molecule has 0 aliphatic heterocycles. The van der Waals surface area contributed by atoms with Crippen molar-refractivity contribution < 1.29 is 0 Å². The van der Waals surface area contributed by atoms with Crippen LogP contribution in [0, 0.1) is 24.2 Å². The lowest BCUT2D eigenvalue weighted by molar-refractivity contribution is 0.132. The van der Waals surface area contributed by atoms with Crippen molar-refractivity contribution >= 4 is 11.3 Å². The van der Waals surface area contributed by atoms with Gasteiger partial charge in [0.05, 0.1) is 10.7 Å². The lowest BCUT2D eigenvalue weighted by atomic mass is 9.68. The fourth-order valence-corrected chi connectivity index (χ4v) is 4.10. The van der Waals surface area contributed by atoms with Gasteiger partial charge in [-0.3, -0.25) is 11.3 Å². The van der Waals surface area contributed by atoms with Crippen LogP contribution in [0.1, 0.15) is 57.2 Å². The van der Waals surface area contributed by atoms with E-state index in [-0.39, 0.29) is 0 Å². The van der Waals surface area contributed by atoms with E-state index in [2.05, 4.69) is 43.5 Å². The van der Waals surface area contributed by atoms with Gasteiger partial charge in [-0.25, -0.2) is 4.98 Å². The van der Waals surface area contributed by atoms with Crippen LogP contribution in [-0.2, 0) is 6.42 Å². The molecule has 3 nitrogen and oxygen atoms in total. The Morgan fingerprint density at radius 1 is 1.35 bits per heavy atom. The van der Waals surface area contributed by atoms with E-state index in [0.29, 0.717) is 17.4 Å². The summed E-state index contributed by atoms with van der Waals surface area (Å²) in [6.07, 6.45) is 6.22. The highest BCUT2D eigenvalue weighted by molar-refractivity contribution is 7.09. The van der Waals surface area contributed by atoms with Crippen molar-refractivity contribution in [1.29, 1.82) is 0 Å². The predicted molar refractivity (Wildman–Crippen MR) is 86.6 cm³/mol. The van der Waals surface area contributed by atoms with Gasteiger partial charge >= 0.3 is 0 Å². The Balaban J connectivity index is 1.90. The number of aryl methyl sites for hydroxylation is 1. The SMILES string of the molecule is Cc1nc(CC(NN)C2CCC(C(C)(C)C)CC2)cs1. The number of hydrogen-bond acceptors (Lipinski definition) is 4. The third-order valence-electron chi connectivity index (χ3n) is 4.88. The lowest BCUT2D eigenvalue weighted by Crippen LogP contribution is -2.44. The van der Waals surface area contributed by atoms with Gasteiger partial charge in [-0.05, 0) is 49.9 Å². The fraction of sp³-hybridized carbons (Fsp3) is 0.812. The van der Waals surface area contributed by atoms with Crippen LogP contribution < -0.4 is 11.3 Å². The highest BCUT2D eigenvalue weighted by Crippen LogP contribution is 2.40. The smallest absolute Gasteiger partial charge is 0.0897 e. The Morgan fingerprint density at radius 3 is 2.45 bits per heavy atom. The van der Waals surface area contributed by atoms with Gasteiger partial charge < -0.3 is 0 Å². The first-order chi connectivity index (χ1) is 9.40. The summed E-state index contributed by atoms with van der Waals surface area (Å²) in [6, 6.07) is 0.373. The number of rotatable bonds is 4. The molecule has 114 valence electrons. The second-order valence-corrected chi connectivity index (χ2v) is 8.38. The zero-order chi connectivity index (χ0) is 14.8. The molecule has 1 aliphatic rings. The molecular formula is C16H29N3S. The summed E-state index contributed by atoms with van der Waals surface area (Å²) in [5, 5.41) is 3.31. The summed E-state index contributed by atoms with van der Waals surface area (Å²) in [4.78, 5) is 4.57. The maximum absolute atomic E-state index is 5.80. The minimum absolute atomic E-state index is 0.373. The first-order valence-electron chi connectivity index (χ1n) is 7.77. The van der Waals surface area contributed by atoms with Gasteiger partial charge in [-0.2, -0.15) is 0 Å². The van der Waals surface area contributed by atoms with Crippen LogP contribution in [0.5, 0.6) is 0 Å². The van der Waals surface area contributed by atoms with Crippen molar-refractivity contribution in [3.05, 3.63) is 16.1 Å². The molecule has 0 spiro atoms. The van der Waals surface area contributed by atoms with Crippen molar-refractivity contribution in [2.75, 3.05) is 0 Å². The Hall–Kier alpha value is -0.450. The maximum Gasteiger partial charge on any atom is 0.0897 e. The number of nitrogens with zero attached hydrogens (tertiary/aromatic N) is 1. The van der Waals surface area contributed by atoms with Crippen LogP contribution in [0.2, 0.25) is 0 Å². The zero-order valence-corrected chi connectivity index (χ0v) is 14.1. The van der Waals surface area contributed by atoms with Crippen LogP contribution in [0.3, 0.4) is 0 Å². The summed E-state index contributed by atoms with van der Waals surface area (Å²) in [7, 11) is 0. The molecule has 0 amide bonds. The van der Waals surface area contributed by atoms with E-state index in [0.717, 1.165) is 17.3 Å². The van der Waals surface area contributed by atoms with Crippen LogP contribution in [-0.4, -0.2) is 11.0 Å². The number of hydrazine groups is 1. The molecule has 20 heavy (non-hydrogen) atoms. The van der Waals surface area contributed by atoms with Crippen LogP contribution in [0.15, 0.2) is 5.38 Å². The molecule has 1 fully saturated rings. The summed E-state index contributed by atoms with van der Waals surface area (Å²) in [5.74, 6) is 7.36. The van der Waals surface area contributed by atoms with Gasteiger partial charge in [0.15, 0.2) is 0 Å². The average molecular weight is 295 g/mol. The van der Waals surface area contributed by atoms with Crippen LogP contribution in [0.25, 0.3) is 0 Å². The van der Waals surface area contributed by atoms with Crippen LogP contribution in [0.4, 0.5) is 0 Å². The molecule has 3 N–H and O–H groups in total. The first kappa shape index (κ1) is 15.9. The second kappa shape index (κ2) is 6.54. The van der Waals surface area contributed by atoms with Gasteiger partial charge in [0.1, 0.15) is 0 Å². The highest BCUT2D eigenvalue weighted by Gasteiger charge is 2.32. The third-order valence-corrected chi connectivity index (χ3v) is 5.70. The van der Waals surface area contributed by atoms with Crippen molar-refractivity contribution in [1.82, 2.24) is 10.4 Å². The number of hydrogen-bond donors (Lipinski definition) is 2. The Kier molecular flexibility index (Phi) is 5.21. The topological polar surface area (TPSA) is 50.9 Å². The number of nitrogens with two attached hydrogens (primary N) is 1. The van der Waals surface area contributed by atoms with Crippen molar-refractivity contribution in [2.24, 2.45) is 23.1 Å². The van der Waals surface area contributed by atoms with Gasteiger partial charge in [-0.1, -0.05) is 20.8 Å². The van der Waals surface area contributed by atoms with Crippen molar-refractivity contribution in [2.45, 2.75) is 65.8 Å². The summed E-state index contributed by atoms with van der Waals surface area (Å²) in [6.45, 7) is 9.17.